The van der Waals surface area contributed by atoms with E-state index in [9.17, 15) is 12.8 Å². The van der Waals surface area contributed by atoms with E-state index in [1.165, 1.54) is 18.2 Å². The molecule has 100 valence electrons. The van der Waals surface area contributed by atoms with Crippen LogP contribution in [0.1, 0.15) is 25.3 Å². The van der Waals surface area contributed by atoms with Gasteiger partial charge in [0.15, 0.2) is 0 Å². The fourth-order valence-corrected chi connectivity index (χ4v) is 3.56. The lowest BCUT2D eigenvalue weighted by Crippen LogP contribution is -2.34. The van der Waals surface area contributed by atoms with Gasteiger partial charge < -0.3 is 5.73 Å². The number of hydrogen-bond donors (Lipinski definition) is 2. The van der Waals surface area contributed by atoms with Crippen LogP contribution in [-0.4, -0.2) is 14.5 Å². The van der Waals surface area contributed by atoms with Crippen molar-refractivity contribution in [3.63, 3.8) is 0 Å². The van der Waals surface area contributed by atoms with Gasteiger partial charge in [-0.2, -0.15) is 0 Å². The number of sulfonamides is 1. The van der Waals surface area contributed by atoms with Crippen LogP contribution >= 0.6 is 0 Å². The summed E-state index contributed by atoms with van der Waals surface area (Å²) >= 11 is 0. The summed E-state index contributed by atoms with van der Waals surface area (Å²) in [7, 11) is -3.70. The van der Waals surface area contributed by atoms with Crippen molar-refractivity contribution in [2.75, 3.05) is 0 Å². The summed E-state index contributed by atoms with van der Waals surface area (Å²) in [6.07, 6.45) is 2.08. The van der Waals surface area contributed by atoms with Crippen molar-refractivity contribution in [3.05, 3.63) is 29.6 Å². The van der Waals surface area contributed by atoms with E-state index < -0.39 is 15.8 Å². The van der Waals surface area contributed by atoms with Gasteiger partial charge in [0.1, 0.15) is 5.82 Å². The summed E-state index contributed by atoms with van der Waals surface area (Å²) < 4.78 is 40.5. The molecule has 1 aromatic carbocycles. The summed E-state index contributed by atoms with van der Waals surface area (Å²) in [5, 5.41) is 0. The molecule has 0 saturated heterocycles. The van der Waals surface area contributed by atoms with Crippen LogP contribution in [0.25, 0.3) is 0 Å². The minimum Gasteiger partial charge on any atom is -0.326 e. The van der Waals surface area contributed by atoms with E-state index in [0.29, 0.717) is 5.92 Å². The quantitative estimate of drug-likeness (QED) is 0.850. The molecule has 0 radical (unpaired) electrons. The van der Waals surface area contributed by atoms with Gasteiger partial charge in [-0.1, -0.05) is 6.07 Å². The lowest BCUT2D eigenvalue weighted by Gasteiger charge is -2.15. The molecule has 1 unspecified atom stereocenters. The van der Waals surface area contributed by atoms with E-state index in [4.69, 9.17) is 5.73 Å². The Labute approximate surface area is 106 Å². The molecule has 0 spiro atoms. The van der Waals surface area contributed by atoms with Crippen LogP contribution < -0.4 is 10.5 Å². The summed E-state index contributed by atoms with van der Waals surface area (Å²) in [5.41, 5.74) is 5.45. The maximum atomic E-state index is 13.5. The van der Waals surface area contributed by atoms with Crippen LogP contribution in [0.2, 0.25) is 0 Å². The molecule has 0 aromatic heterocycles. The number of hydrogen-bond acceptors (Lipinski definition) is 3. The molecule has 0 heterocycles. The molecule has 1 saturated carbocycles. The molecule has 0 bridgehead atoms. The first-order valence-electron chi connectivity index (χ1n) is 5.95. The molecular formula is C12H17FN2O2S. The zero-order valence-electron chi connectivity index (χ0n) is 10.2. The van der Waals surface area contributed by atoms with Gasteiger partial charge in [-0.05, 0) is 37.8 Å². The van der Waals surface area contributed by atoms with Crippen molar-refractivity contribution in [2.45, 2.75) is 37.2 Å². The Morgan fingerprint density at radius 1 is 1.50 bits per heavy atom. The fourth-order valence-electron chi connectivity index (χ4n) is 1.99. The van der Waals surface area contributed by atoms with Crippen LogP contribution in [0.5, 0.6) is 0 Å². The topological polar surface area (TPSA) is 72.2 Å². The molecule has 2 rings (SSSR count). The third kappa shape index (κ3) is 2.71. The first kappa shape index (κ1) is 13.5. The Morgan fingerprint density at radius 2 is 2.17 bits per heavy atom. The molecule has 18 heavy (non-hydrogen) atoms. The van der Waals surface area contributed by atoms with Gasteiger partial charge in [-0.3, -0.25) is 0 Å². The molecule has 1 aromatic rings. The third-order valence-corrected chi connectivity index (χ3v) is 4.88. The van der Waals surface area contributed by atoms with Gasteiger partial charge in [-0.15, -0.1) is 0 Å². The predicted octanol–water partition coefficient (Wildman–Crippen LogP) is 1.36. The van der Waals surface area contributed by atoms with Crippen molar-refractivity contribution in [2.24, 2.45) is 11.7 Å². The van der Waals surface area contributed by atoms with E-state index in [0.717, 1.165) is 12.8 Å². The Bertz CT molecular complexity index is 541. The van der Waals surface area contributed by atoms with Crippen LogP contribution in [0, 0.1) is 11.7 Å². The van der Waals surface area contributed by atoms with E-state index in [1.54, 1.807) is 0 Å². The lowest BCUT2D eigenvalue weighted by molar-refractivity contribution is 0.534. The van der Waals surface area contributed by atoms with Crippen molar-refractivity contribution in [1.82, 2.24) is 4.72 Å². The summed E-state index contributed by atoms with van der Waals surface area (Å²) in [6.45, 7) is 1.69. The number of nitrogens with one attached hydrogen (secondary N) is 1. The van der Waals surface area contributed by atoms with E-state index in [-0.39, 0.29) is 23.0 Å². The second-order valence-electron chi connectivity index (χ2n) is 4.67. The average molecular weight is 272 g/mol. The molecule has 1 fully saturated rings. The molecule has 0 amide bonds. The van der Waals surface area contributed by atoms with Gasteiger partial charge in [-0.25, -0.2) is 17.5 Å². The monoisotopic (exact) mass is 272 g/mol. The highest BCUT2D eigenvalue weighted by atomic mass is 32.2. The average Bonchev–Trinajstić information content (AvgIpc) is 3.11. The molecule has 1 atom stereocenters. The van der Waals surface area contributed by atoms with Gasteiger partial charge in [0.05, 0.1) is 4.90 Å². The van der Waals surface area contributed by atoms with Crippen LogP contribution in [-0.2, 0) is 16.6 Å². The predicted molar refractivity (Wildman–Crippen MR) is 66.8 cm³/mol. The standard InChI is InChI=1S/C12H17FN2O2S/c1-8(9-5-6-9)15-18(16,17)12-4-2-3-11(13)10(12)7-14/h2-4,8-9,15H,5-7,14H2,1H3. The Morgan fingerprint density at radius 3 is 2.72 bits per heavy atom. The van der Waals surface area contributed by atoms with Crippen LogP contribution in [0.3, 0.4) is 0 Å². The van der Waals surface area contributed by atoms with Crippen molar-refractivity contribution >= 4 is 10.0 Å². The minimum absolute atomic E-state index is 0.0352. The SMILES string of the molecule is CC(NS(=O)(=O)c1cccc(F)c1CN)C1CC1. The molecule has 3 N–H and O–H groups in total. The third-order valence-electron chi connectivity index (χ3n) is 3.24. The van der Waals surface area contributed by atoms with E-state index >= 15 is 0 Å². The maximum Gasteiger partial charge on any atom is 0.241 e. The lowest BCUT2D eigenvalue weighted by atomic mass is 10.2. The normalized spacial score (nSPS) is 17.7. The van der Waals surface area contributed by atoms with E-state index in [1.807, 2.05) is 6.92 Å². The molecule has 4 nitrogen and oxygen atoms in total. The zero-order chi connectivity index (χ0) is 13.3. The first-order valence-corrected chi connectivity index (χ1v) is 7.44. The van der Waals surface area contributed by atoms with Crippen LogP contribution in [0.4, 0.5) is 4.39 Å². The second-order valence-corrected chi connectivity index (χ2v) is 6.35. The number of benzene rings is 1. The maximum absolute atomic E-state index is 13.5. The Kier molecular flexibility index (Phi) is 3.70. The fraction of sp³-hybridized carbons (Fsp3) is 0.500. The minimum atomic E-state index is -3.70. The van der Waals surface area contributed by atoms with Gasteiger partial charge in [0.2, 0.25) is 10.0 Å². The summed E-state index contributed by atoms with van der Waals surface area (Å²) in [6, 6.07) is 3.85. The van der Waals surface area contributed by atoms with Gasteiger partial charge in [0, 0.05) is 18.2 Å². The largest absolute Gasteiger partial charge is 0.326 e. The summed E-state index contributed by atoms with van der Waals surface area (Å²) in [5.74, 6) is -0.186. The highest BCUT2D eigenvalue weighted by Gasteiger charge is 2.32. The molecular weight excluding hydrogens is 255 g/mol. The zero-order valence-corrected chi connectivity index (χ0v) is 11.0. The summed E-state index contributed by atoms with van der Waals surface area (Å²) in [4.78, 5) is -0.0579. The van der Waals surface area contributed by atoms with Crippen molar-refractivity contribution in [3.8, 4) is 0 Å². The van der Waals surface area contributed by atoms with Crippen molar-refractivity contribution < 1.29 is 12.8 Å². The molecule has 0 aliphatic heterocycles. The molecule has 1 aliphatic rings. The second kappa shape index (κ2) is 4.95. The Hall–Kier alpha value is -0.980. The first-order chi connectivity index (χ1) is 8.45. The molecule has 6 heteroatoms. The van der Waals surface area contributed by atoms with E-state index in [2.05, 4.69) is 4.72 Å². The van der Waals surface area contributed by atoms with Gasteiger partial charge in [0.25, 0.3) is 0 Å². The number of rotatable bonds is 5. The van der Waals surface area contributed by atoms with Gasteiger partial charge >= 0.3 is 0 Å². The Balaban J connectivity index is 2.31. The van der Waals surface area contributed by atoms with Crippen molar-refractivity contribution in [1.29, 1.82) is 0 Å². The molecule has 1 aliphatic carbocycles. The number of nitrogens with two attached hydrogens (primary N) is 1. The number of halogens is 1. The smallest absolute Gasteiger partial charge is 0.241 e. The highest BCUT2D eigenvalue weighted by Crippen LogP contribution is 2.33. The highest BCUT2D eigenvalue weighted by molar-refractivity contribution is 7.89. The van der Waals surface area contributed by atoms with Crippen LogP contribution in [0.15, 0.2) is 23.1 Å².